The lowest BCUT2D eigenvalue weighted by atomic mass is 10.1. The van der Waals surface area contributed by atoms with Crippen LogP contribution in [0.1, 0.15) is 17.5 Å². The Morgan fingerprint density at radius 3 is 2.63 bits per heavy atom. The van der Waals surface area contributed by atoms with E-state index in [-0.39, 0.29) is 41.3 Å². The number of anilines is 3. The van der Waals surface area contributed by atoms with E-state index in [2.05, 4.69) is 43.7 Å². The Hall–Kier alpha value is -2.98. The highest BCUT2D eigenvalue weighted by atomic mass is 35.5. The second-order valence-electron chi connectivity index (χ2n) is 8.44. The number of nitrogens with one attached hydrogen (secondary N) is 2. The first kappa shape index (κ1) is 31.2. The molecule has 6 nitrogen and oxygen atoms in total. The number of allylic oxidation sites excluding steroid dienone is 1. The number of benzene rings is 2. The molecule has 2 aromatic carbocycles. The molecule has 2 heterocycles. The molecule has 0 aliphatic carbocycles. The molecule has 0 saturated carbocycles. The molecule has 0 spiro atoms. The maximum absolute atomic E-state index is 13.0. The van der Waals surface area contributed by atoms with Gasteiger partial charge in [0.05, 0.1) is 16.1 Å². The highest BCUT2D eigenvalue weighted by Gasteiger charge is 2.30. The zero-order valence-corrected chi connectivity index (χ0v) is 22.9. The predicted octanol–water partition coefficient (Wildman–Crippen LogP) is 7.85. The minimum Gasteiger partial charge on any atom is -0.456 e. The predicted molar refractivity (Wildman–Crippen MR) is 152 cm³/mol. The summed E-state index contributed by atoms with van der Waals surface area (Å²) in [4.78, 5) is 10.9. The van der Waals surface area contributed by atoms with Gasteiger partial charge in [-0.2, -0.15) is 13.2 Å². The van der Waals surface area contributed by atoms with Crippen molar-refractivity contribution < 1.29 is 17.9 Å². The molecule has 4 rings (SSSR count). The first-order chi connectivity index (χ1) is 17.2. The van der Waals surface area contributed by atoms with Crippen LogP contribution in [0.15, 0.2) is 66.5 Å². The third kappa shape index (κ3) is 8.26. The summed E-state index contributed by atoms with van der Waals surface area (Å²) in [6.07, 6.45) is 4.12. The van der Waals surface area contributed by atoms with Gasteiger partial charge in [0.2, 0.25) is 0 Å². The summed E-state index contributed by atoms with van der Waals surface area (Å²) in [6.45, 7) is 1.58. The molecule has 0 unspecified atom stereocenters. The Labute approximate surface area is 236 Å². The summed E-state index contributed by atoms with van der Waals surface area (Å²) in [5.74, 6) is 1.59. The number of alkyl halides is 3. The lowest BCUT2D eigenvalue weighted by Gasteiger charge is -2.14. The Morgan fingerprint density at radius 2 is 1.92 bits per heavy atom. The van der Waals surface area contributed by atoms with Crippen LogP contribution < -0.4 is 15.4 Å². The average Bonchev–Trinajstić information content (AvgIpc) is 3.03. The first-order valence-electron chi connectivity index (χ1n) is 11.2. The third-order valence-electron chi connectivity index (χ3n) is 5.31. The fraction of sp³-hybridized carbons (Fsp3) is 0.231. The van der Waals surface area contributed by atoms with E-state index >= 15 is 0 Å². The smallest absolute Gasteiger partial charge is 0.416 e. The molecular formula is C26H27Cl3F3N5O. The minimum atomic E-state index is -4.46. The van der Waals surface area contributed by atoms with Crippen LogP contribution in [-0.4, -0.2) is 42.1 Å². The number of halogens is 6. The molecule has 1 aliphatic heterocycles. The molecule has 0 radical (unpaired) electrons. The van der Waals surface area contributed by atoms with E-state index in [9.17, 15) is 13.2 Å². The Kier molecular flexibility index (Phi) is 11.3. The molecule has 2 N–H and O–H groups in total. The van der Waals surface area contributed by atoms with E-state index in [0.717, 1.165) is 48.6 Å². The van der Waals surface area contributed by atoms with Gasteiger partial charge in [-0.25, -0.2) is 9.97 Å². The van der Waals surface area contributed by atoms with Gasteiger partial charge in [-0.3, -0.25) is 0 Å². The molecule has 0 fully saturated rings. The number of ether oxygens (including phenoxy) is 1. The number of fused-ring (bicyclic) bond motifs is 1. The molecule has 0 bridgehead atoms. The van der Waals surface area contributed by atoms with Crippen molar-refractivity contribution >= 4 is 59.8 Å². The van der Waals surface area contributed by atoms with E-state index in [1.165, 1.54) is 18.5 Å². The number of hydrogen-bond donors (Lipinski definition) is 2. The van der Waals surface area contributed by atoms with E-state index in [1.54, 1.807) is 18.2 Å². The second-order valence-corrected chi connectivity index (χ2v) is 8.85. The fourth-order valence-corrected chi connectivity index (χ4v) is 3.78. The van der Waals surface area contributed by atoms with Crippen molar-refractivity contribution in [3.63, 3.8) is 0 Å². The molecule has 38 heavy (non-hydrogen) atoms. The molecule has 3 aromatic rings. The van der Waals surface area contributed by atoms with Crippen molar-refractivity contribution in [2.24, 2.45) is 0 Å². The average molecular weight is 589 g/mol. The van der Waals surface area contributed by atoms with Gasteiger partial charge >= 0.3 is 6.18 Å². The Balaban J connectivity index is 0.00000253. The molecule has 204 valence electrons. The molecule has 0 saturated heterocycles. The lowest BCUT2D eigenvalue weighted by molar-refractivity contribution is -0.137. The zero-order chi connectivity index (χ0) is 25.7. The first-order valence-corrected chi connectivity index (χ1v) is 11.6. The van der Waals surface area contributed by atoms with Crippen molar-refractivity contribution in [1.29, 1.82) is 0 Å². The quantitative estimate of drug-likeness (QED) is 0.293. The standard InChI is InChI=1S/C26H25ClF3N5O.2ClH/c1-35(2)12-4-5-17-10-11-31-24-21(13-17)25(33-16-32-24)34-19-8-9-23(22(27)15-19)36-20-7-3-6-18(14-20)26(28,29)30;;/h3-9,13-16H,10-12H2,1-2H3,(H2,31,32,33,34);2*1H. The van der Waals surface area contributed by atoms with E-state index < -0.39 is 11.7 Å². The van der Waals surface area contributed by atoms with Gasteiger partial charge in [0.1, 0.15) is 29.5 Å². The number of hydrogen-bond acceptors (Lipinski definition) is 6. The van der Waals surface area contributed by atoms with Gasteiger partial charge in [-0.15, -0.1) is 24.8 Å². The summed E-state index contributed by atoms with van der Waals surface area (Å²) >= 11 is 6.39. The molecule has 1 aliphatic rings. The zero-order valence-electron chi connectivity index (χ0n) is 20.6. The van der Waals surface area contributed by atoms with E-state index in [1.807, 2.05) is 14.1 Å². The molecular weight excluding hydrogens is 562 g/mol. The van der Waals surface area contributed by atoms with Crippen molar-refractivity contribution in [2.45, 2.75) is 12.6 Å². The Bertz CT molecular complexity index is 1300. The largest absolute Gasteiger partial charge is 0.456 e. The molecule has 1 aromatic heterocycles. The molecule has 12 heteroatoms. The van der Waals surface area contributed by atoms with Gasteiger partial charge in [-0.1, -0.05) is 29.8 Å². The van der Waals surface area contributed by atoms with Gasteiger partial charge in [0.25, 0.3) is 0 Å². The van der Waals surface area contributed by atoms with E-state index in [0.29, 0.717) is 11.5 Å². The second kappa shape index (κ2) is 13.7. The number of likely N-dealkylation sites (N-methyl/N-ethyl adjacent to an activating group) is 1. The highest BCUT2D eigenvalue weighted by Crippen LogP contribution is 2.36. The van der Waals surface area contributed by atoms with Gasteiger partial charge < -0.3 is 20.3 Å². The van der Waals surface area contributed by atoms with Crippen LogP contribution in [0.5, 0.6) is 11.5 Å². The maximum atomic E-state index is 13.0. The fourth-order valence-electron chi connectivity index (χ4n) is 3.56. The SMILES string of the molecule is CN(C)CC=CC1=Cc2c(ncnc2Nc2ccc(Oc3cccc(C(F)(F)F)c3)c(Cl)c2)NCC1.Cl.Cl. The van der Waals surface area contributed by atoms with Crippen molar-refractivity contribution in [2.75, 3.05) is 37.8 Å². The van der Waals surface area contributed by atoms with Crippen molar-refractivity contribution in [3.8, 4) is 11.5 Å². The summed E-state index contributed by atoms with van der Waals surface area (Å²) < 4.78 is 44.6. The van der Waals surface area contributed by atoms with Crippen LogP contribution in [-0.2, 0) is 6.18 Å². The monoisotopic (exact) mass is 587 g/mol. The lowest BCUT2D eigenvalue weighted by Crippen LogP contribution is -2.10. The Morgan fingerprint density at radius 1 is 1.13 bits per heavy atom. The third-order valence-corrected chi connectivity index (χ3v) is 5.60. The topological polar surface area (TPSA) is 62.3 Å². The number of nitrogens with zero attached hydrogens (tertiary/aromatic N) is 3. The molecule has 0 amide bonds. The van der Waals surface area contributed by atoms with Crippen molar-refractivity contribution in [3.05, 3.63) is 82.7 Å². The van der Waals surface area contributed by atoms with Crippen LogP contribution in [0.3, 0.4) is 0 Å². The van der Waals surface area contributed by atoms with Gasteiger partial charge in [-0.05, 0) is 68.6 Å². The molecule has 0 atom stereocenters. The van der Waals surface area contributed by atoms with Crippen LogP contribution in [0.4, 0.5) is 30.5 Å². The summed E-state index contributed by atoms with van der Waals surface area (Å²) in [5.41, 5.74) is 1.81. The van der Waals surface area contributed by atoms with Crippen molar-refractivity contribution in [1.82, 2.24) is 14.9 Å². The summed E-state index contributed by atoms with van der Waals surface area (Å²) in [6, 6.07) is 9.58. The van der Waals surface area contributed by atoms with E-state index in [4.69, 9.17) is 16.3 Å². The minimum absolute atomic E-state index is 0. The summed E-state index contributed by atoms with van der Waals surface area (Å²) in [5, 5.41) is 6.82. The van der Waals surface area contributed by atoms with Crippen LogP contribution in [0.2, 0.25) is 5.02 Å². The van der Waals surface area contributed by atoms with Crippen LogP contribution in [0.25, 0.3) is 6.08 Å². The summed E-state index contributed by atoms with van der Waals surface area (Å²) in [7, 11) is 4.03. The maximum Gasteiger partial charge on any atom is 0.416 e. The number of aromatic nitrogens is 2. The van der Waals surface area contributed by atoms with Gasteiger partial charge in [0.15, 0.2) is 0 Å². The van der Waals surface area contributed by atoms with Gasteiger partial charge in [0, 0.05) is 18.8 Å². The highest BCUT2D eigenvalue weighted by molar-refractivity contribution is 6.32. The van der Waals surface area contributed by atoms with Crippen LogP contribution in [0, 0.1) is 0 Å². The van der Waals surface area contributed by atoms with Crippen LogP contribution >= 0.6 is 36.4 Å². The number of rotatable bonds is 7. The normalized spacial score (nSPS) is 13.0.